The summed E-state index contributed by atoms with van der Waals surface area (Å²) in [6.07, 6.45) is 0. The molecule has 2 aromatic rings. The normalized spacial score (nSPS) is 12.0. The van der Waals surface area contributed by atoms with Gasteiger partial charge in [0.05, 0.1) is 6.04 Å². The second-order valence-electron chi connectivity index (χ2n) is 4.86. The average Bonchev–Trinajstić information content (AvgIpc) is 2.46. The summed E-state index contributed by atoms with van der Waals surface area (Å²) in [5, 5.41) is 0.737. The topological polar surface area (TPSA) is 29.3 Å². The number of halogens is 2. The summed E-state index contributed by atoms with van der Waals surface area (Å²) >= 11 is 14.6. The van der Waals surface area contributed by atoms with Crippen LogP contribution in [0, 0.1) is 0 Å². The van der Waals surface area contributed by atoms with Crippen LogP contribution in [0.1, 0.15) is 24.1 Å². The van der Waals surface area contributed by atoms with Crippen LogP contribution in [0.25, 0.3) is 0 Å². The van der Waals surface area contributed by atoms with Crippen LogP contribution in [0.2, 0.25) is 5.02 Å². The van der Waals surface area contributed by atoms with E-state index in [-0.39, 0.29) is 6.04 Å². The highest BCUT2D eigenvalue weighted by atomic mass is 79.9. The smallest absolute Gasteiger partial charge is 0.106 e. The van der Waals surface area contributed by atoms with E-state index in [1.54, 1.807) is 0 Å². The summed E-state index contributed by atoms with van der Waals surface area (Å²) in [5.41, 5.74) is 8.90. The number of thiocarbonyl (C=S) groups is 1. The summed E-state index contributed by atoms with van der Waals surface area (Å²) in [6, 6.07) is 14.0. The minimum Gasteiger partial charge on any atom is -0.389 e. The van der Waals surface area contributed by atoms with Crippen LogP contribution in [-0.2, 0) is 0 Å². The first-order valence-corrected chi connectivity index (χ1v) is 8.05. The van der Waals surface area contributed by atoms with Crippen LogP contribution in [0.15, 0.2) is 46.9 Å². The van der Waals surface area contributed by atoms with Crippen molar-refractivity contribution in [1.82, 2.24) is 0 Å². The Balaban J connectivity index is 2.37. The molecule has 0 aromatic heterocycles. The van der Waals surface area contributed by atoms with Crippen molar-refractivity contribution in [3.63, 3.8) is 0 Å². The molecule has 2 aromatic carbocycles. The maximum Gasteiger partial charge on any atom is 0.106 e. The molecule has 0 radical (unpaired) electrons. The van der Waals surface area contributed by atoms with E-state index >= 15 is 0 Å². The number of hydrogen-bond donors (Lipinski definition) is 1. The number of rotatable bonds is 4. The first-order chi connectivity index (χ1) is 9.90. The van der Waals surface area contributed by atoms with E-state index in [1.807, 2.05) is 49.5 Å². The minimum absolute atomic E-state index is 0.177. The Bertz CT molecular complexity index is 658. The highest BCUT2D eigenvalue weighted by Gasteiger charge is 2.16. The lowest BCUT2D eigenvalue weighted by Gasteiger charge is -2.29. The van der Waals surface area contributed by atoms with Gasteiger partial charge in [-0.3, -0.25) is 0 Å². The Morgan fingerprint density at radius 1 is 1.24 bits per heavy atom. The lowest BCUT2D eigenvalue weighted by molar-refractivity contribution is 0.739. The summed E-state index contributed by atoms with van der Waals surface area (Å²) in [6.45, 7) is 2.13. The fourth-order valence-electron chi connectivity index (χ4n) is 2.19. The Kier molecular flexibility index (Phi) is 5.25. The van der Waals surface area contributed by atoms with Gasteiger partial charge >= 0.3 is 0 Å². The number of nitrogens with zero attached hydrogens (tertiary/aromatic N) is 1. The van der Waals surface area contributed by atoms with Gasteiger partial charge in [0.2, 0.25) is 0 Å². The van der Waals surface area contributed by atoms with Gasteiger partial charge in [-0.15, -0.1) is 0 Å². The third kappa shape index (κ3) is 3.76. The van der Waals surface area contributed by atoms with Gasteiger partial charge < -0.3 is 10.6 Å². The summed E-state index contributed by atoms with van der Waals surface area (Å²) < 4.78 is 0.960. The third-order valence-corrected chi connectivity index (χ3v) is 4.50. The van der Waals surface area contributed by atoms with Crippen molar-refractivity contribution < 1.29 is 0 Å². The molecule has 1 atom stereocenters. The van der Waals surface area contributed by atoms with Crippen molar-refractivity contribution in [1.29, 1.82) is 0 Å². The molecule has 2 nitrogen and oxygen atoms in total. The zero-order valence-electron chi connectivity index (χ0n) is 11.8. The zero-order valence-corrected chi connectivity index (χ0v) is 15.0. The van der Waals surface area contributed by atoms with Gasteiger partial charge in [-0.25, -0.2) is 0 Å². The van der Waals surface area contributed by atoms with Crippen LogP contribution >= 0.6 is 39.7 Å². The molecule has 110 valence electrons. The van der Waals surface area contributed by atoms with E-state index in [1.165, 1.54) is 5.56 Å². The van der Waals surface area contributed by atoms with Crippen molar-refractivity contribution in [3.05, 3.63) is 63.1 Å². The number of hydrogen-bond acceptors (Lipinski definition) is 2. The molecular weight excluding hydrogens is 368 g/mol. The van der Waals surface area contributed by atoms with Gasteiger partial charge in [-0.2, -0.15) is 0 Å². The molecule has 0 aliphatic carbocycles. The van der Waals surface area contributed by atoms with Crippen molar-refractivity contribution in [3.8, 4) is 0 Å². The Morgan fingerprint density at radius 3 is 2.43 bits per heavy atom. The highest BCUT2D eigenvalue weighted by molar-refractivity contribution is 9.10. The highest BCUT2D eigenvalue weighted by Crippen LogP contribution is 2.30. The van der Waals surface area contributed by atoms with E-state index in [9.17, 15) is 0 Å². The molecule has 0 amide bonds. The largest absolute Gasteiger partial charge is 0.389 e. The van der Waals surface area contributed by atoms with Crippen LogP contribution in [0.3, 0.4) is 0 Å². The number of benzene rings is 2. The van der Waals surface area contributed by atoms with Gasteiger partial charge in [-0.05, 0) is 42.8 Å². The summed E-state index contributed by atoms with van der Waals surface area (Å²) in [4.78, 5) is 2.55. The standard InChI is InChI=1S/C16H16BrClN2S/c1-10(11-3-6-13(18)7-4-11)20(2)15-8-5-12(17)9-14(15)16(19)21/h3-10H,1-2H3,(H2,19,21). The molecule has 0 aliphatic rings. The van der Waals surface area contributed by atoms with Crippen molar-refractivity contribution in [2.75, 3.05) is 11.9 Å². The SMILES string of the molecule is CC(c1ccc(Cl)cc1)N(C)c1ccc(Br)cc1C(N)=S. The summed E-state index contributed by atoms with van der Waals surface area (Å²) in [5.74, 6) is 0. The maximum atomic E-state index is 5.94. The number of anilines is 1. The summed E-state index contributed by atoms with van der Waals surface area (Å²) in [7, 11) is 2.03. The van der Waals surface area contributed by atoms with Crippen LogP contribution in [-0.4, -0.2) is 12.0 Å². The molecule has 21 heavy (non-hydrogen) atoms. The van der Waals surface area contributed by atoms with Gasteiger partial charge in [0.25, 0.3) is 0 Å². The van der Waals surface area contributed by atoms with Crippen molar-refractivity contribution in [2.45, 2.75) is 13.0 Å². The molecule has 0 aliphatic heterocycles. The van der Waals surface area contributed by atoms with E-state index in [2.05, 4.69) is 27.8 Å². The molecule has 0 spiro atoms. The first-order valence-electron chi connectivity index (χ1n) is 6.48. The fourth-order valence-corrected chi connectivity index (χ4v) is 2.84. The van der Waals surface area contributed by atoms with Crippen LogP contribution in [0.4, 0.5) is 5.69 Å². The van der Waals surface area contributed by atoms with Crippen LogP contribution in [0.5, 0.6) is 0 Å². The zero-order chi connectivity index (χ0) is 15.6. The molecule has 0 saturated carbocycles. The van der Waals surface area contributed by atoms with E-state index in [0.717, 1.165) is 20.7 Å². The minimum atomic E-state index is 0.177. The molecule has 2 rings (SSSR count). The monoisotopic (exact) mass is 382 g/mol. The van der Waals surface area contributed by atoms with Gasteiger partial charge in [-0.1, -0.05) is 51.9 Å². The van der Waals surface area contributed by atoms with E-state index in [4.69, 9.17) is 29.6 Å². The second kappa shape index (κ2) is 6.77. The Morgan fingerprint density at radius 2 is 1.86 bits per heavy atom. The molecule has 0 saturated heterocycles. The Hall–Kier alpha value is -1.10. The van der Waals surface area contributed by atoms with E-state index < -0.39 is 0 Å². The molecular formula is C16H16BrClN2S. The molecule has 0 bridgehead atoms. The predicted molar refractivity (Wildman–Crippen MR) is 98.3 cm³/mol. The van der Waals surface area contributed by atoms with Gasteiger partial charge in [0, 0.05) is 27.8 Å². The molecule has 2 N–H and O–H groups in total. The fraction of sp³-hybridized carbons (Fsp3) is 0.188. The van der Waals surface area contributed by atoms with E-state index in [0.29, 0.717) is 4.99 Å². The third-order valence-electron chi connectivity index (χ3n) is 3.54. The molecule has 1 unspecified atom stereocenters. The lowest BCUT2D eigenvalue weighted by atomic mass is 10.1. The Labute approximate surface area is 144 Å². The molecule has 0 fully saturated rings. The average molecular weight is 384 g/mol. The molecule has 0 heterocycles. The predicted octanol–water partition coefficient (Wildman–Crippen LogP) is 4.93. The quantitative estimate of drug-likeness (QED) is 0.759. The van der Waals surface area contributed by atoms with Crippen molar-refractivity contribution in [2.24, 2.45) is 5.73 Å². The van der Waals surface area contributed by atoms with Crippen molar-refractivity contribution >= 4 is 50.4 Å². The van der Waals surface area contributed by atoms with Gasteiger partial charge in [0.15, 0.2) is 0 Å². The number of nitrogens with two attached hydrogens (primary N) is 1. The maximum absolute atomic E-state index is 5.94. The molecule has 5 heteroatoms. The second-order valence-corrected chi connectivity index (χ2v) is 6.66. The lowest BCUT2D eigenvalue weighted by Crippen LogP contribution is -2.25. The van der Waals surface area contributed by atoms with Crippen LogP contribution < -0.4 is 10.6 Å². The first kappa shape index (κ1) is 16.3. The van der Waals surface area contributed by atoms with Gasteiger partial charge in [0.1, 0.15) is 4.99 Å².